The average Bonchev–Trinajstić information content (AvgIpc) is 2.36. The van der Waals surface area contributed by atoms with E-state index in [1.165, 1.54) is 12.1 Å². The number of para-hydroxylation sites is 1. The van der Waals surface area contributed by atoms with Crippen molar-refractivity contribution in [3.05, 3.63) is 63.4 Å². The highest BCUT2D eigenvalue weighted by molar-refractivity contribution is 9.10. The first-order valence-electron chi connectivity index (χ1n) is 5.82. The summed E-state index contributed by atoms with van der Waals surface area (Å²) in [5.41, 5.74) is 2.74. The number of alkyl halides is 1. The molecule has 4 heteroatoms. The molecule has 0 unspecified atom stereocenters. The lowest BCUT2D eigenvalue weighted by atomic mass is 10.1. The van der Waals surface area contributed by atoms with E-state index in [4.69, 9.17) is 16.3 Å². The number of aryl methyl sites for hydroxylation is 1. The zero-order chi connectivity index (χ0) is 13.8. The highest BCUT2D eigenvalue weighted by atomic mass is 79.9. The Morgan fingerprint density at radius 2 is 2.05 bits per heavy atom. The van der Waals surface area contributed by atoms with E-state index in [0.717, 1.165) is 22.4 Å². The lowest BCUT2D eigenvalue weighted by Gasteiger charge is -2.13. The van der Waals surface area contributed by atoms with Crippen molar-refractivity contribution < 1.29 is 9.13 Å². The van der Waals surface area contributed by atoms with E-state index in [-0.39, 0.29) is 5.82 Å². The van der Waals surface area contributed by atoms with E-state index >= 15 is 0 Å². The summed E-state index contributed by atoms with van der Waals surface area (Å²) in [5, 5.41) is 0. The number of benzene rings is 2. The summed E-state index contributed by atoms with van der Waals surface area (Å²) in [4.78, 5) is 0. The van der Waals surface area contributed by atoms with Crippen molar-refractivity contribution >= 4 is 27.5 Å². The molecule has 0 radical (unpaired) electrons. The van der Waals surface area contributed by atoms with Crippen molar-refractivity contribution in [2.75, 3.05) is 0 Å². The van der Waals surface area contributed by atoms with Crippen molar-refractivity contribution in [2.45, 2.75) is 19.4 Å². The number of hydrogen-bond donors (Lipinski definition) is 0. The molecular formula is C15H13BrClFO. The van der Waals surface area contributed by atoms with Crippen LogP contribution in [-0.4, -0.2) is 0 Å². The van der Waals surface area contributed by atoms with Gasteiger partial charge in [-0.15, -0.1) is 11.6 Å². The monoisotopic (exact) mass is 342 g/mol. The molecule has 0 atom stereocenters. The van der Waals surface area contributed by atoms with Crippen LogP contribution >= 0.6 is 27.5 Å². The van der Waals surface area contributed by atoms with Gasteiger partial charge in [0.15, 0.2) is 0 Å². The quantitative estimate of drug-likeness (QED) is 0.692. The minimum atomic E-state index is -0.282. The molecule has 1 nitrogen and oxygen atoms in total. The largest absolute Gasteiger partial charge is 0.488 e. The third kappa shape index (κ3) is 3.71. The van der Waals surface area contributed by atoms with E-state index in [2.05, 4.69) is 15.9 Å². The summed E-state index contributed by atoms with van der Waals surface area (Å²) in [6.07, 6.45) is 0. The molecule has 2 aromatic rings. The Balaban J connectivity index is 2.18. The normalized spacial score (nSPS) is 10.5. The number of halogens is 3. The molecule has 0 saturated carbocycles. The Morgan fingerprint density at radius 3 is 2.74 bits per heavy atom. The van der Waals surface area contributed by atoms with Gasteiger partial charge >= 0.3 is 0 Å². The lowest BCUT2D eigenvalue weighted by Crippen LogP contribution is -2.00. The van der Waals surface area contributed by atoms with Gasteiger partial charge < -0.3 is 4.74 Å². The standard InChI is InChI=1S/C15H13BrClFO/c1-10-3-2-4-12(8-17)15(10)19-9-11-5-13(16)7-14(18)6-11/h2-7H,8-9H2,1H3. The van der Waals surface area contributed by atoms with Gasteiger partial charge in [0.25, 0.3) is 0 Å². The summed E-state index contributed by atoms with van der Waals surface area (Å²) in [6.45, 7) is 2.28. The van der Waals surface area contributed by atoms with Gasteiger partial charge in [-0.25, -0.2) is 4.39 Å². The van der Waals surface area contributed by atoms with Crippen LogP contribution in [0.15, 0.2) is 40.9 Å². The highest BCUT2D eigenvalue weighted by Gasteiger charge is 2.07. The van der Waals surface area contributed by atoms with Crippen LogP contribution in [0.2, 0.25) is 0 Å². The van der Waals surface area contributed by atoms with E-state index in [1.807, 2.05) is 31.2 Å². The maximum absolute atomic E-state index is 13.3. The topological polar surface area (TPSA) is 9.23 Å². The zero-order valence-electron chi connectivity index (χ0n) is 10.4. The van der Waals surface area contributed by atoms with E-state index in [9.17, 15) is 4.39 Å². The third-order valence-electron chi connectivity index (χ3n) is 2.74. The summed E-state index contributed by atoms with van der Waals surface area (Å²) in [7, 11) is 0. The van der Waals surface area contributed by atoms with Crippen molar-refractivity contribution in [1.29, 1.82) is 0 Å². The van der Waals surface area contributed by atoms with Gasteiger partial charge in [-0.2, -0.15) is 0 Å². The summed E-state index contributed by atoms with van der Waals surface area (Å²) in [5.74, 6) is 0.886. The highest BCUT2D eigenvalue weighted by Crippen LogP contribution is 2.26. The second kappa shape index (κ2) is 6.40. The zero-order valence-corrected chi connectivity index (χ0v) is 12.8. The molecule has 100 valence electrons. The molecule has 0 heterocycles. The molecule has 2 rings (SSSR count). The molecule has 19 heavy (non-hydrogen) atoms. The molecule has 0 aliphatic rings. The van der Waals surface area contributed by atoms with Crippen LogP contribution in [0.5, 0.6) is 5.75 Å². The first-order chi connectivity index (χ1) is 9.10. The minimum Gasteiger partial charge on any atom is -0.488 e. The molecule has 0 fully saturated rings. The third-order valence-corrected chi connectivity index (χ3v) is 3.49. The summed E-state index contributed by atoms with van der Waals surface area (Å²) < 4.78 is 19.8. The van der Waals surface area contributed by atoms with Crippen molar-refractivity contribution in [3.63, 3.8) is 0 Å². The Morgan fingerprint density at radius 1 is 1.26 bits per heavy atom. The van der Waals surface area contributed by atoms with E-state index in [0.29, 0.717) is 17.0 Å². The fraction of sp³-hybridized carbons (Fsp3) is 0.200. The second-order valence-corrected chi connectivity index (χ2v) is 5.45. The maximum Gasteiger partial charge on any atom is 0.127 e. The van der Waals surface area contributed by atoms with Crippen molar-refractivity contribution in [1.82, 2.24) is 0 Å². The van der Waals surface area contributed by atoms with Gasteiger partial charge in [0.05, 0.1) is 5.88 Å². The van der Waals surface area contributed by atoms with Crippen LogP contribution in [0, 0.1) is 12.7 Å². The number of rotatable bonds is 4. The van der Waals surface area contributed by atoms with Gasteiger partial charge in [0.1, 0.15) is 18.2 Å². The molecule has 0 spiro atoms. The van der Waals surface area contributed by atoms with Crippen LogP contribution < -0.4 is 4.74 Å². The lowest BCUT2D eigenvalue weighted by molar-refractivity contribution is 0.301. The smallest absolute Gasteiger partial charge is 0.127 e. The van der Waals surface area contributed by atoms with E-state index in [1.54, 1.807) is 0 Å². The van der Waals surface area contributed by atoms with Gasteiger partial charge in [0, 0.05) is 10.0 Å². The number of ether oxygens (including phenoxy) is 1. The molecule has 0 amide bonds. The first-order valence-corrected chi connectivity index (χ1v) is 7.15. The van der Waals surface area contributed by atoms with Gasteiger partial charge in [-0.1, -0.05) is 34.1 Å². The maximum atomic E-state index is 13.3. The Labute approximate surface area is 125 Å². The van der Waals surface area contributed by atoms with E-state index < -0.39 is 0 Å². The predicted molar refractivity (Wildman–Crippen MR) is 79.2 cm³/mol. The van der Waals surface area contributed by atoms with Crippen LogP contribution in [0.4, 0.5) is 4.39 Å². The van der Waals surface area contributed by atoms with Crippen molar-refractivity contribution in [2.24, 2.45) is 0 Å². The van der Waals surface area contributed by atoms with Gasteiger partial charge in [-0.3, -0.25) is 0 Å². The second-order valence-electron chi connectivity index (χ2n) is 4.26. The summed E-state index contributed by atoms with van der Waals surface area (Å²) in [6, 6.07) is 10.6. The molecule has 0 N–H and O–H groups in total. The van der Waals surface area contributed by atoms with Crippen LogP contribution in [0.1, 0.15) is 16.7 Å². The molecule has 0 bridgehead atoms. The SMILES string of the molecule is Cc1cccc(CCl)c1OCc1cc(F)cc(Br)c1. The molecule has 2 aromatic carbocycles. The molecule has 0 aliphatic carbocycles. The first kappa shape index (κ1) is 14.4. The van der Waals surface area contributed by atoms with Crippen LogP contribution in [0.3, 0.4) is 0 Å². The Bertz CT molecular complexity index is 566. The van der Waals surface area contributed by atoms with Crippen LogP contribution in [0.25, 0.3) is 0 Å². The predicted octanol–water partition coefficient (Wildman–Crippen LogP) is 5.21. The molecule has 0 aromatic heterocycles. The molecular weight excluding hydrogens is 331 g/mol. The van der Waals surface area contributed by atoms with Crippen LogP contribution in [-0.2, 0) is 12.5 Å². The number of hydrogen-bond acceptors (Lipinski definition) is 1. The fourth-order valence-electron chi connectivity index (χ4n) is 1.87. The minimum absolute atomic E-state index is 0.282. The van der Waals surface area contributed by atoms with Gasteiger partial charge in [0.2, 0.25) is 0 Å². The molecule has 0 saturated heterocycles. The fourth-order valence-corrected chi connectivity index (χ4v) is 2.60. The Kier molecular flexibility index (Phi) is 4.83. The average molecular weight is 344 g/mol. The summed E-state index contributed by atoms with van der Waals surface area (Å²) >= 11 is 9.15. The Hall–Kier alpha value is -1.06. The molecule has 0 aliphatic heterocycles. The van der Waals surface area contributed by atoms with Crippen molar-refractivity contribution in [3.8, 4) is 5.75 Å². The van der Waals surface area contributed by atoms with Gasteiger partial charge in [-0.05, 0) is 36.2 Å².